The van der Waals surface area contributed by atoms with Gasteiger partial charge in [0.15, 0.2) is 0 Å². The zero-order valence-corrected chi connectivity index (χ0v) is 13.0. The van der Waals surface area contributed by atoms with Crippen LogP contribution in [0.5, 0.6) is 11.5 Å². The predicted molar refractivity (Wildman–Crippen MR) is 86.0 cm³/mol. The summed E-state index contributed by atoms with van der Waals surface area (Å²) in [6.45, 7) is 5.28. The van der Waals surface area contributed by atoms with Crippen LogP contribution in [0.15, 0.2) is 47.4 Å². The van der Waals surface area contributed by atoms with E-state index in [1.165, 1.54) is 4.90 Å². The Bertz CT molecular complexity index is 525. The lowest BCUT2D eigenvalue weighted by molar-refractivity contribution is 0.326. The van der Waals surface area contributed by atoms with E-state index in [0.29, 0.717) is 13.2 Å². The Morgan fingerprint density at radius 1 is 0.850 bits per heavy atom. The molecule has 0 aliphatic rings. The highest BCUT2D eigenvalue weighted by molar-refractivity contribution is 7.98. The molecule has 2 nitrogen and oxygen atoms in total. The lowest BCUT2D eigenvalue weighted by Crippen LogP contribution is -1.98. The second-order valence-corrected chi connectivity index (χ2v) is 5.10. The fourth-order valence-electron chi connectivity index (χ4n) is 2.10. The van der Waals surface area contributed by atoms with Crippen molar-refractivity contribution in [2.45, 2.75) is 18.7 Å². The summed E-state index contributed by atoms with van der Waals surface area (Å²) in [5.74, 6) is 1.74. The van der Waals surface area contributed by atoms with Gasteiger partial charge in [-0.1, -0.05) is 18.2 Å². The molecule has 0 aliphatic heterocycles. The van der Waals surface area contributed by atoms with Gasteiger partial charge in [0.05, 0.1) is 18.8 Å². The number of hydrogen-bond donors (Lipinski definition) is 0. The van der Waals surface area contributed by atoms with Gasteiger partial charge in [-0.3, -0.25) is 0 Å². The van der Waals surface area contributed by atoms with Crippen LogP contribution in [0, 0.1) is 0 Å². The second-order valence-electron chi connectivity index (χ2n) is 4.22. The maximum atomic E-state index is 5.75. The zero-order chi connectivity index (χ0) is 14.4. The van der Waals surface area contributed by atoms with Crippen LogP contribution >= 0.6 is 11.8 Å². The fraction of sp³-hybridized carbons (Fsp3) is 0.294. The molecule has 0 aromatic heterocycles. The highest BCUT2D eigenvalue weighted by Crippen LogP contribution is 2.39. The van der Waals surface area contributed by atoms with E-state index >= 15 is 0 Å². The molecule has 0 saturated carbocycles. The van der Waals surface area contributed by atoms with Gasteiger partial charge in [-0.2, -0.15) is 0 Å². The molecule has 2 aromatic carbocycles. The van der Waals surface area contributed by atoms with Gasteiger partial charge in [0.1, 0.15) is 11.5 Å². The van der Waals surface area contributed by atoms with Gasteiger partial charge in [-0.05, 0) is 49.9 Å². The zero-order valence-electron chi connectivity index (χ0n) is 12.2. The number of benzene rings is 2. The first-order valence-corrected chi connectivity index (χ1v) is 8.05. The molecule has 0 amide bonds. The van der Waals surface area contributed by atoms with E-state index in [-0.39, 0.29) is 0 Å². The van der Waals surface area contributed by atoms with E-state index in [1.54, 1.807) is 11.8 Å². The van der Waals surface area contributed by atoms with Crippen LogP contribution in [0.1, 0.15) is 13.8 Å². The summed E-state index contributed by atoms with van der Waals surface area (Å²) in [5, 5.41) is 0. The first-order valence-electron chi connectivity index (χ1n) is 6.83. The molecule has 0 radical (unpaired) electrons. The van der Waals surface area contributed by atoms with Crippen molar-refractivity contribution < 1.29 is 9.47 Å². The highest BCUT2D eigenvalue weighted by Gasteiger charge is 2.12. The molecule has 0 aliphatic carbocycles. The van der Waals surface area contributed by atoms with Gasteiger partial charge in [0, 0.05) is 4.90 Å². The third-order valence-electron chi connectivity index (χ3n) is 2.97. The van der Waals surface area contributed by atoms with Crippen LogP contribution in [0.25, 0.3) is 11.1 Å². The van der Waals surface area contributed by atoms with Crippen molar-refractivity contribution in [3.63, 3.8) is 0 Å². The van der Waals surface area contributed by atoms with Crippen molar-refractivity contribution in [1.82, 2.24) is 0 Å². The minimum absolute atomic E-state index is 0.644. The quantitative estimate of drug-likeness (QED) is 0.706. The normalized spacial score (nSPS) is 10.3. The fourth-order valence-corrected chi connectivity index (χ4v) is 2.51. The van der Waals surface area contributed by atoms with E-state index in [1.807, 2.05) is 32.0 Å². The number of ether oxygens (including phenoxy) is 2. The van der Waals surface area contributed by atoms with Crippen LogP contribution < -0.4 is 9.47 Å². The van der Waals surface area contributed by atoms with Crippen molar-refractivity contribution >= 4 is 11.8 Å². The summed E-state index contributed by atoms with van der Waals surface area (Å²) < 4.78 is 11.5. The lowest BCUT2D eigenvalue weighted by atomic mass is 10.0. The number of hydrogen-bond acceptors (Lipinski definition) is 3. The topological polar surface area (TPSA) is 18.5 Å². The molecular formula is C17H20O2S. The molecule has 0 saturated heterocycles. The van der Waals surface area contributed by atoms with E-state index in [0.717, 1.165) is 22.6 Å². The van der Waals surface area contributed by atoms with Crippen LogP contribution in [0.3, 0.4) is 0 Å². The van der Waals surface area contributed by atoms with Crippen LogP contribution in [0.2, 0.25) is 0 Å². The van der Waals surface area contributed by atoms with Crippen LogP contribution in [-0.4, -0.2) is 19.5 Å². The number of thioether (sulfide) groups is 1. The van der Waals surface area contributed by atoms with E-state index in [2.05, 4.69) is 30.5 Å². The first-order chi connectivity index (χ1) is 9.80. The van der Waals surface area contributed by atoms with Crippen molar-refractivity contribution in [3.05, 3.63) is 42.5 Å². The average molecular weight is 288 g/mol. The molecule has 0 bridgehead atoms. The van der Waals surface area contributed by atoms with Crippen LogP contribution in [0.4, 0.5) is 0 Å². The van der Waals surface area contributed by atoms with Gasteiger partial charge < -0.3 is 9.47 Å². The molecule has 20 heavy (non-hydrogen) atoms. The van der Waals surface area contributed by atoms with E-state index in [9.17, 15) is 0 Å². The molecule has 0 spiro atoms. The SMILES string of the molecule is CCOc1cccc(OCC)c1-c1ccc(SC)cc1. The molecule has 0 unspecified atom stereocenters. The summed E-state index contributed by atoms with van der Waals surface area (Å²) in [4.78, 5) is 1.25. The van der Waals surface area contributed by atoms with E-state index in [4.69, 9.17) is 9.47 Å². The van der Waals surface area contributed by atoms with Crippen molar-refractivity contribution in [2.75, 3.05) is 19.5 Å². The summed E-state index contributed by atoms with van der Waals surface area (Å²) >= 11 is 1.74. The Kier molecular flexibility index (Phi) is 5.36. The molecule has 0 N–H and O–H groups in total. The molecule has 3 heteroatoms. The van der Waals surface area contributed by atoms with Gasteiger partial charge in [-0.15, -0.1) is 11.8 Å². The molecule has 2 aromatic rings. The van der Waals surface area contributed by atoms with Crippen LogP contribution in [-0.2, 0) is 0 Å². The predicted octanol–water partition coefficient (Wildman–Crippen LogP) is 4.87. The summed E-state index contributed by atoms with van der Waals surface area (Å²) in [7, 11) is 0. The Balaban J connectivity index is 2.49. The number of rotatable bonds is 6. The first kappa shape index (κ1) is 14.8. The molecule has 0 atom stereocenters. The van der Waals surface area contributed by atoms with Gasteiger partial charge in [-0.25, -0.2) is 0 Å². The third-order valence-corrected chi connectivity index (χ3v) is 3.71. The minimum Gasteiger partial charge on any atom is -0.493 e. The molecule has 0 heterocycles. The maximum Gasteiger partial charge on any atom is 0.130 e. The Morgan fingerprint density at radius 3 is 1.85 bits per heavy atom. The lowest BCUT2D eigenvalue weighted by Gasteiger charge is -2.15. The van der Waals surface area contributed by atoms with Crippen molar-refractivity contribution in [2.24, 2.45) is 0 Å². The minimum atomic E-state index is 0.644. The Labute approximate surface area is 125 Å². The molecule has 2 rings (SSSR count). The molecular weight excluding hydrogens is 268 g/mol. The second kappa shape index (κ2) is 7.25. The van der Waals surface area contributed by atoms with Crippen molar-refractivity contribution in [1.29, 1.82) is 0 Å². The molecule has 0 fully saturated rings. The summed E-state index contributed by atoms with van der Waals surface area (Å²) in [6.07, 6.45) is 2.08. The largest absolute Gasteiger partial charge is 0.493 e. The third kappa shape index (κ3) is 3.28. The Morgan fingerprint density at radius 2 is 1.40 bits per heavy atom. The van der Waals surface area contributed by atoms with Gasteiger partial charge in [0.2, 0.25) is 0 Å². The van der Waals surface area contributed by atoms with Crippen molar-refractivity contribution in [3.8, 4) is 22.6 Å². The maximum absolute atomic E-state index is 5.75. The van der Waals surface area contributed by atoms with Gasteiger partial charge in [0.25, 0.3) is 0 Å². The van der Waals surface area contributed by atoms with Gasteiger partial charge >= 0.3 is 0 Å². The standard InChI is InChI=1S/C17H20O2S/c1-4-18-15-7-6-8-16(19-5-2)17(15)13-9-11-14(20-3)12-10-13/h6-12H,4-5H2,1-3H3. The molecule has 106 valence electrons. The summed E-state index contributed by atoms with van der Waals surface area (Å²) in [5.41, 5.74) is 2.15. The average Bonchev–Trinajstić information content (AvgIpc) is 2.48. The summed E-state index contributed by atoms with van der Waals surface area (Å²) in [6, 6.07) is 14.4. The Hall–Kier alpha value is -1.61. The smallest absolute Gasteiger partial charge is 0.130 e. The highest BCUT2D eigenvalue weighted by atomic mass is 32.2. The monoisotopic (exact) mass is 288 g/mol. The van der Waals surface area contributed by atoms with E-state index < -0.39 is 0 Å².